The van der Waals surface area contributed by atoms with Crippen molar-refractivity contribution < 1.29 is 23.8 Å². The Hall–Kier alpha value is -3.30. The molecule has 2 heterocycles. The highest BCUT2D eigenvalue weighted by Gasteiger charge is 2.35. The van der Waals surface area contributed by atoms with E-state index in [-0.39, 0.29) is 5.91 Å². The molecule has 0 aliphatic carbocycles. The molecule has 182 valence electrons. The molecule has 0 spiro atoms. The van der Waals surface area contributed by atoms with E-state index in [0.717, 1.165) is 44.3 Å². The third kappa shape index (κ3) is 5.60. The number of primary amides is 1. The van der Waals surface area contributed by atoms with E-state index in [1.54, 1.807) is 30.2 Å². The van der Waals surface area contributed by atoms with Crippen LogP contribution in [0.15, 0.2) is 48.5 Å². The van der Waals surface area contributed by atoms with Gasteiger partial charge in [-0.25, -0.2) is 0 Å². The van der Waals surface area contributed by atoms with E-state index in [0.29, 0.717) is 37.6 Å². The first-order valence-corrected chi connectivity index (χ1v) is 11.6. The summed E-state index contributed by atoms with van der Waals surface area (Å²) in [6.07, 6.45) is 0. The summed E-state index contributed by atoms with van der Waals surface area (Å²) in [5.74, 6) is 0.494. The fourth-order valence-electron chi connectivity index (χ4n) is 4.33. The highest BCUT2D eigenvalue weighted by Crippen LogP contribution is 2.26. The van der Waals surface area contributed by atoms with Gasteiger partial charge in [-0.1, -0.05) is 12.1 Å². The van der Waals surface area contributed by atoms with E-state index in [9.17, 15) is 9.59 Å². The van der Waals surface area contributed by atoms with Crippen molar-refractivity contribution in [2.75, 3.05) is 71.1 Å². The maximum atomic E-state index is 13.5. The molecule has 2 aromatic carbocycles. The maximum Gasteiger partial charge on any atom is 0.258 e. The van der Waals surface area contributed by atoms with Crippen LogP contribution in [-0.2, 0) is 9.53 Å². The van der Waals surface area contributed by atoms with Crippen molar-refractivity contribution in [2.45, 2.75) is 6.04 Å². The van der Waals surface area contributed by atoms with Gasteiger partial charge < -0.3 is 29.7 Å². The third-order valence-corrected chi connectivity index (χ3v) is 6.29. The Morgan fingerprint density at radius 2 is 1.76 bits per heavy atom. The second-order valence-corrected chi connectivity index (χ2v) is 8.36. The van der Waals surface area contributed by atoms with Crippen LogP contribution in [0.2, 0.25) is 0 Å². The van der Waals surface area contributed by atoms with Crippen molar-refractivity contribution in [1.29, 1.82) is 0 Å². The zero-order chi connectivity index (χ0) is 23.9. The molecule has 2 fully saturated rings. The van der Waals surface area contributed by atoms with Gasteiger partial charge in [-0.15, -0.1) is 0 Å². The molecule has 1 atom stereocenters. The number of nitrogens with two attached hydrogens (primary N) is 1. The van der Waals surface area contributed by atoms with Crippen molar-refractivity contribution >= 4 is 17.5 Å². The first kappa shape index (κ1) is 23.8. The number of hydrogen-bond donors (Lipinski definition) is 1. The van der Waals surface area contributed by atoms with E-state index < -0.39 is 11.9 Å². The Labute approximate surface area is 200 Å². The van der Waals surface area contributed by atoms with Crippen LogP contribution in [0, 0.1) is 0 Å². The highest BCUT2D eigenvalue weighted by atomic mass is 16.5. The molecule has 34 heavy (non-hydrogen) atoms. The average molecular weight is 469 g/mol. The van der Waals surface area contributed by atoms with Gasteiger partial charge in [0.05, 0.1) is 25.9 Å². The van der Waals surface area contributed by atoms with Gasteiger partial charge in [0.1, 0.15) is 24.1 Å². The maximum absolute atomic E-state index is 13.5. The first-order valence-electron chi connectivity index (χ1n) is 11.6. The molecule has 2 aromatic rings. The Morgan fingerprint density at radius 3 is 2.47 bits per heavy atom. The summed E-state index contributed by atoms with van der Waals surface area (Å²) in [5.41, 5.74) is 7.12. The second kappa shape index (κ2) is 11.2. The largest absolute Gasteiger partial charge is 0.497 e. The third-order valence-electron chi connectivity index (χ3n) is 6.29. The summed E-state index contributed by atoms with van der Waals surface area (Å²) in [6, 6.07) is 14.0. The molecule has 4 rings (SSSR count). The zero-order valence-corrected chi connectivity index (χ0v) is 19.5. The minimum Gasteiger partial charge on any atom is -0.497 e. The molecular formula is C25H32N4O5. The fourth-order valence-corrected chi connectivity index (χ4v) is 4.33. The molecule has 0 aromatic heterocycles. The lowest BCUT2D eigenvalue weighted by Crippen LogP contribution is -2.60. The van der Waals surface area contributed by atoms with Crippen molar-refractivity contribution in [2.24, 2.45) is 5.73 Å². The molecule has 2 amide bonds. The molecular weight excluding hydrogens is 436 g/mol. The lowest BCUT2D eigenvalue weighted by molar-refractivity contribution is -0.122. The van der Waals surface area contributed by atoms with Crippen LogP contribution in [0.25, 0.3) is 0 Å². The molecule has 2 aliphatic rings. The standard InChI is InChI=1S/C25H32N4O5/c1-32-20-8-6-19(7-9-20)28-10-11-29(22(18-28)24(26)30)25(31)21-4-2-3-5-23(21)34-17-14-27-12-15-33-16-13-27/h2-9,22H,10-18H2,1H3,(H2,26,30)/t22-/m1/s1. The van der Waals surface area contributed by atoms with Gasteiger partial charge in [0.2, 0.25) is 5.91 Å². The number of carbonyl (C=O) groups excluding carboxylic acids is 2. The van der Waals surface area contributed by atoms with Crippen molar-refractivity contribution in [3.05, 3.63) is 54.1 Å². The minimum atomic E-state index is -0.746. The van der Waals surface area contributed by atoms with Gasteiger partial charge in [-0.05, 0) is 36.4 Å². The van der Waals surface area contributed by atoms with E-state index in [1.165, 1.54) is 0 Å². The van der Waals surface area contributed by atoms with Crippen molar-refractivity contribution in [1.82, 2.24) is 9.80 Å². The molecule has 2 N–H and O–H groups in total. The Bertz CT molecular complexity index is 978. The first-order chi connectivity index (χ1) is 16.6. The fraction of sp³-hybridized carbons (Fsp3) is 0.440. The molecule has 0 bridgehead atoms. The Balaban J connectivity index is 1.43. The smallest absolute Gasteiger partial charge is 0.258 e. The van der Waals surface area contributed by atoms with Gasteiger partial charge >= 0.3 is 0 Å². The van der Waals surface area contributed by atoms with Crippen LogP contribution >= 0.6 is 0 Å². The predicted molar refractivity (Wildman–Crippen MR) is 128 cm³/mol. The number of hydrogen-bond acceptors (Lipinski definition) is 7. The molecule has 9 heteroatoms. The number of anilines is 1. The minimum absolute atomic E-state index is 0.250. The summed E-state index contributed by atoms with van der Waals surface area (Å²) in [5, 5.41) is 0. The van der Waals surface area contributed by atoms with E-state index in [4.69, 9.17) is 19.9 Å². The van der Waals surface area contributed by atoms with Gasteiger partial charge in [0, 0.05) is 45.0 Å². The molecule has 0 saturated carbocycles. The number of carbonyl (C=O) groups is 2. The average Bonchev–Trinajstić information content (AvgIpc) is 2.89. The number of piperazine rings is 1. The Kier molecular flexibility index (Phi) is 7.87. The summed E-state index contributed by atoms with van der Waals surface area (Å²) in [6.45, 7) is 5.73. The van der Waals surface area contributed by atoms with Gasteiger partial charge in [0.15, 0.2) is 0 Å². The van der Waals surface area contributed by atoms with E-state index in [2.05, 4.69) is 9.80 Å². The number of nitrogens with zero attached hydrogens (tertiary/aromatic N) is 3. The molecule has 9 nitrogen and oxygen atoms in total. The summed E-state index contributed by atoms with van der Waals surface area (Å²) >= 11 is 0. The Morgan fingerprint density at radius 1 is 1.03 bits per heavy atom. The number of methoxy groups -OCH3 is 1. The SMILES string of the molecule is COc1ccc(N2CCN(C(=O)c3ccccc3OCCN3CCOCC3)[C@@H](C(N)=O)C2)cc1. The number of benzene rings is 2. The second-order valence-electron chi connectivity index (χ2n) is 8.36. The van der Waals surface area contributed by atoms with Crippen LogP contribution in [-0.4, -0.2) is 93.9 Å². The van der Waals surface area contributed by atoms with Crippen LogP contribution in [0.5, 0.6) is 11.5 Å². The van der Waals surface area contributed by atoms with Crippen molar-refractivity contribution in [3.8, 4) is 11.5 Å². The van der Waals surface area contributed by atoms with Crippen molar-refractivity contribution in [3.63, 3.8) is 0 Å². The monoisotopic (exact) mass is 468 g/mol. The lowest BCUT2D eigenvalue weighted by atomic mass is 10.1. The number of ether oxygens (including phenoxy) is 3. The number of amides is 2. The van der Waals surface area contributed by atoms with Crippen LogP contribution in [0.1, 0.15) is 10.4 Å². The quantitative estimate of drug-likeness (QED) is 0.622. The highest BCUT2D eigenvalue weighted by molar-refractivity contribution is 6.00. The van der Waals surface area contributed by atoms with Crippen LogP contribution in [0.4, 0.5) is 5.69 Å². The normalized spacial score (nSPS) is 19.0. The summed E-state index contributed by atoms with van der Waals surface area (Å²) in [7, 11) is 1.62. The van der Waals surface area contributed by atoms with Gasteiger partial charge in [0.25, 0.3) is 5.91 Å². The van der Waals surface area contributed by atoms with E-state index >= 15 is 0 Å². The number of para-hydroxylation sites is 1. The lowest BCUT2D eigenvalue weighted by Gasteiger charge is -2.41. The molecule has 0 unspecified atom stereocenters. The van der Waals surface area contributed by atoms with E-state index in [1.807, 2.05) is 30.3 Å². The van der Waals surface area contributed by atoms with Gasteiger partial charge in [-0.2, -0.15) is 0 Å². The summed E-state index contributed by atoms with van der Waals surface area (Å²) in [4.78, 5) is 31.7. The topological polar surface area (TPSA) is 97.6 Å². The number of rotatable bonds is 8. The van der Waals surface area contributed by atoms with Gasteiger partial charge in [-0.3, -0.25) is 14.5 Å². The number of morpholine rings is 1. The molecule has 2 aliphatic heterocycles. The zero-order valence-electron chi connectivity index (χ0n) is 19.5. The summed E-state index contributed by atoms with van der Waals surface area (Å²) < 4.78 is 16.6. The molecule has 2 saturated heterocycles. The predicted octanol–water partition coefficient (Wildman–Crippen LogP) is 1.22. The molecule has 0 radical (unpaired) electrons. The van der Waals surface area contributed by atoms with Crippen LogP contribution in [0.3, 0.4) is 0 Å². The van der Waals surface area contributed by atoms with Crippen LogP contribution < -0.4 is 20.1 Å².